The largest absolute Gasteiger partial charge is 0.319 e. The molecule has 4 nitrogen and oxygen atoms in total. The molecule has 0 bridgehead atoms. The van der Waals surface area contributed by atoms with Gasteiger partial charge in [-0.3, -0.25) is 4.79 Å². The van der Waals surface area contributed by atoms with Gasteiger partial charge in [-0.05, 0) is 19.4 Å². The maximum Gasteiger partial charge on any atom is 0.291 e. The van der Waals surface area contributed by atoms with Crippen molar-refractivity contribution in [3.8, 4) is 0 Å². The predicted molar refractivity (Wildman–Crippen MR) is 89.3 cm³/mol. The molecule has 2 aromatic heterocycles. The zero-order valence-corrected chi connectivity index (χ0v) is 13.9. The monoisotopic (exact) mass is 329 g/mol. The molecule has 0 radical (unpaired) electrons. The number of aryl methyl sites for hydroxylation is 2. The van der Waals surface area contributed by atoms with Gasteiger partial charge in [0, 0.05) is 18.1 Å². The lowest BCUT2D eigenvalue weighted by Gasteiger charge is -2.03. The molecule has 0 unspecified atom stereocenters. The van der Waals surface area contributed by atoms with Gasteiger partial charge in [-0.2, -0.15) is 4.99 Å². The van der Waals surface area contributed by atoms with E-state index in [0.717, 1.165) is 5.69 Å². The summed E-state index contributed by atoms with van der Waals surface area (Å²) in [6, 6.07) is 8.37. The van der Waals surface area contributed by atoms with Gasteiger partial charge in [0.25, 0.3) is 5.91 Å². The molecule has 0 fully saturated rings. The number of amides is 1. The average Bonchev–Trinajstić information content (AvgIpc) is 3.11. The van der Waals surface area contributed by atoms with E-state index in [-0.39, 0.29) is 5.91 Å². The first-order valence-corrected chi connectivity index (χ1v) is 8.58. The van der Waals surface area contributed by atoms with Crippen LogP contribution in [0.15, 0.2) is 46.3 Å². The van der Waals surface area contributed by atoms with Crippen LogP contribution < -0.4 is 4.80 Å². The van der Waals surface area contributed by atoms with Crippen LogP contribution in [0.4, 0.5) is 0 Å². The van der Waals surface area contributed by atoms with Crippen LogP contribution in [0.2, 0.25) is 0 Å². The number of thiazole rings is 2. The SMILES string of the molecule is Cc1ccc(Cn2ccsc2=NC(=O)c2scnc2C)cc1. The maximum atomic E-state index is 12.2. The molecule has 1 aromatic carbocycles. The van der Waals surface area contributed by atoms with E-state index in [1.54, 1.807) is 5.51 Å². The van der Waals surface area contributed by atoms with Gasteiger partial charge in [-0.1, -0.05) is 29.8 Å². The number of nitrogens with zero attached hydrogens (tertiary/aromatic N) is 3. The number of aromatic nitrogens is 2. The summed E-state index contributed by atoms with van der Waals surface area (Å²) in [5, 5.41) is 1.94. The lowest BCUT2D eigenvalue weighted by atomic mass is 10.1. The smallest absolute Gasteiger partial charge is 0.291 e. The van der Waals surface area contributed by atoms with E-state index in [9.17, 15) is 4.79 Å². The van der Waals surface area contributed by atoms with E-state index >= 15 is 0 Å². The number of benzene rings is 1. The summed E-state index contributed by atoms with van der Waals surface area (Å²) in [5.74, 6) is -0.222. The Bertz CT molecular complexity index is 856. The van der Waals surface area contributed by atoms with Crippen molar-refractivity contribution in [2.45, 2.75) is 20.4 Å². The van der Waals surface area contributed by atoms with E-state index in [1.807, 2.05) is 23.1 Å². The third-order valence-electron chi connectivity index (χ3n) is 3.27. The van der Waals surface area contributed by atoms with Gasteiger partial charge in [-0.15, -0.1) is 22.7 Å². The molecule has 2 heterocycles. The summed E-state index contributed by atoms with van der Waals surface area (Å²) in [6.07, 6.45) is 1.95. The summed E-state index contributed by atoms with van der Waals surface area (Å²) in [4.78, 5) is 21.9. The Morgan fingerprint density at radius 2 is 2.00 bits per heavy atom. The minimum absolute atomic E-state index is 0.222. The van der Waals surface area contributed by atoms with Crippen molar-refractivity contribution < 1.29 is 4.79 Å². The predicted octanol–water partition coefficient (Wildman–Crippen LogP) is 3.41. The molecule has 22 heavy (non-hydrogen) atoms. The first kappa shape index (κ1) is 14.9. The lowest BCUT2D eigenvalue weighted by Crippen LogP contribution is -2.17. The molecular weight excluding hydrogens is 314 g/mol. The van der Waals surface area contributed by atoms with Crippen LogP contribution >= 0.6 is 22.7 Å². The highest BCUT2D eigenvalue weighted by atomic mass is 32.1. The Kier molecular flexibility index (Phi) is 4.31. The molecule has 0 atom stereocenters. The molecule has 0 aliphatic carbocycles. The molecule has 6 heteroatoms. The fraction of sp³-hybridized carbons (Fsp3) is 0.188. The molecule has 0 aliphatic rings. The minimum Gasteiger partial charge on any atom is -0.319 e. The summed E-state index contributed by atoms with van der Waals surface area (Å²) in [6.45, 7) is 4.60. The first-order valence-electron chi connectivity index (χ1n) is 6.82. The van der Waals surface area contributed by atoms with Gasteiger partial charge in [-0.25, -0.2) is 4.98 Å². The topological polar surface area (TPSA) is 47.2 Å². The van der Waals surface area contributed by atoms with Crippen LogP contribution in [0.25, 0.3) is 0 Å². The van der Waals surface area contributed by atoms with Crippen LogP contribution in [-0.2, 0) is 6.54 Å². The number of carbonyl (C=O) groups is 1. The molecule has 112 valence electrons. The van der Waals surface area contributed by atoms with Crippen LogP contribution in [0.3, 0.4) is 0 Å². The maximum absolute atomic E-state index is 12.2. The second kappa shape index (κ2) is 6.37. The van der Waals surface area contributed by atoms with Crippen LogP contribution in [0.1, 0.15) is 26.5 Å². The minimum atomic E-state index is -0.222. The van der Waals surface area contributed by atoms with Crippen LogP contribution in [-0.4, -0.2) is 15.5 Å². The number of rotatable bonds is 3. The fourth-order valence-electron chi connectivity index (χ4n) is 2.04. The van der Waals surface area contributed by atoms with Crippen molar-refractivity contribution in [1.82, 2.24) is 9.55 Å². The van der Waals surface area contributed by atoms with Crippen molar-refractivity contribution in [2.24, 2.45) is 4.99 Å². The van der Waals surface area contributed by atoms with Crippen molar-refractivity contribution in [1.29, 1.82) is 0 Å². The molecule has 3 aromatic rings. The zero-order valence-electron chi connectivity index (χ0n) is 12.3. The molecule has 0 saturated carbocycles. The molecule has 1 amide bonds. The van der Waals surface area contributed by atoms with E-state index in [2.05, 4.69) is 41.2 Å². The summed E-state index contributed by atoms with van der Waals surface area (Å²) >= 11 is 2.79. The molecule has 0 N–H and O–H groups in total. The third-order valence-corrected chi connectivity index (χ3v) is 4.98. The highest BCUT2D eigenvalue weighted by molar-refractivity contribution is 7.12. The van der Waals surface area contributed by atoms with Crippen molar-refractivity contribution in [2.75, 3.05) is 0 Å². The summed E-state index contributed by atoms with van der Waals surface area (Å²) in [5.41, 5.74) is 4.83. The Labute approximate surface area is 136 Å². The van der Waals surface area contributed by atoms with E-state index < -0.39 is 0 Å². The second-order valence-electron chi connectivity index (χ2n) is 4.98. The van der Waals surface area contributed by atoms with E-state index in [0.29, 0.717) is 16.2 Å². The lowest BCUT2D eigenvalue weighted by molar-refractivity contribution is 0.100. The Balaban J connectivity index is 1.88. The number of carbonyl (C=O) groups excluding carboxylic acids is 1. The highest BCUT2D eigenvalue weighted by Gasteiger charge is 2.11. The number of hydrogen-bond acceptors (Lipinski definition) is 4. The van der Waals surface area contributed by atoms with Gasteiger partial charge < -0.3 is 4.57 Å². The third kappa shape index (κ3) is 3.23. The number of hydrogen-bond donors (Lipinski definition) is 0. The second-order valence-corrected chi connectivity index (χ2v) is 6.71. The van der Waals surface area contributed by atoms with E-state index in [4.69, 9.17) is 0 Å². The average molecular weight is 329 g/mol. The Morgan fingerprint density at radius 1 is 1.23 bits per heavy atom. The molecule has 0 spiro atoms. The molecule has 0 aliphatic heterocycles. The van der Waals surface area contributed by atoms with Crippen molar-refractivity contribution >= 4 is 28.6 Å². The van der Waals surface area contributed by atoms with Gasteiger partial charge in [0.2, 0.25) is 0 Å². The van der Waals surface area contributed by atoms with Gasteiger partial charge in [0.1, 0.15) is 4.88 Å². The Hall–Kier alpha value is -2.05. The van der Waals surface area contributed by atoms with Crippen molar-refractivity contribution in [3.63, 3.8) is 0 Å². The molecular formula is C16H15N3OS2. The quantitative estimate of drug-likeness (QED) is 0.739. The normalized spacial score (nSPS) is 11.8. The zero-order chi connectivity index (χ0) is 15.5. The Morgan fingerprint density at radius 3 is 2.68 bits per heavy atom. The van der Waals surface area contributed by atoms with Gasteiger partial charge in [0.05, 0.1) is 11.2 Å². The highest BCUT2D eigenvalue weighted by Crippen LogP contribution is 2.13. The molecule has 0 saturated heterocycles. The first-order chi connectivity index (χ1) is 10.6. The van der Waals surface area contributed by atoms with Gasteiger partial charge >= 0.3 is 0 Å². The van der Waals surface area contributed by atoms with Crippen LogP contribution in [0, 0.1) is 13.8 Å². The van der Waals surface area contributed by atoms with Crippen LogP contribution in [0.5, 0.6) is 0 Å². The standard InChI is InChI=1S/C16H15N3OS2/c1-11-3-5-13(6-4-11)9-19-7-8-21-16(19)18-15(20)14-12(2)17-10-22-14/h3-8,10H,9H2,1-2H3. The fourth-order valence-corrected chi connectivity index (χ4v) is 3.45. The van der Waals surface area contributed by atoms with E-state index in [1.165, 1.54) is 33.8 Å². The van der Waals surface area contributed by atoms with Crippen molar-refractivity contribution in [3.05, 3.63) is 67.9 Å². The summed E-state index contributed by atoms with van der Waals surface area (Å²) < 4.78 is 1.99. The molecule has 3 rings (SSSR count). The van der Waals surface area contributed by atoms with Gasteiger partial charge in [0.15, 0.2) is 4.80 Å². The summed E-state index contributed by atoms with van der Waals surface area (Å²) in [7, 11) is 0.